The summed E-state index contributed by atoms with van der Waals surface area (Å²) in [4.78, 5) is 31.5. The molecule has 3 aromatic carbocycles. The number of halogens is 4. The van der Waals surface area contributed by atoms with Crippen LogP contribution < -0.4 is 15.5 Å². The number of hydrogen-bond donors (Lipinski definition) is 2. The van der Waals surface area contributed by atoms with Crippen molar-refractivity contribution < 1.29 is 27.2 Å². The number of fused-ring (bicyclic) bond motifs is 1. The fraction of sp³-hybridized carbons (Fsp3) is 0.125. The molecule has 34 heavy (non-hydrogen) atoms. The summed E-state index contributed by atoms with van der Waals surface area (Å²) in [6.07, 6.45) is -6.33. The molecule has 0 spiro atoms. The summed E-state index contributed by atoms with van der Waals surface area (Å²) in [5.41, 5.74) is 0.300. The van der Waals surface area contributed by atoms with Crippen molar-refractivity contribution in [3.8, 4) is 0 Å². The van der Waals surface area contributed by atoms with Crippen LogP contribution in [0.4, 0.5) is 33.7 Å². The Morgan fingerprint density at radius 1 is 1.00 bits per heavy atom. The molecule has 1 unspecified atom stereocenters. The van der Waals surface area contributed by atoms with E-state index in [0.717, 1.165) is 12.1 Å². The molecular formula is C24H18F4N4O2. The molecule has 0 radical (unpaired) electrons. The van der Waals surface area contributed by atoms with Crippen LogP contribution in [0.25, 0.3) is 0 Å². The fourth-order valence-electron chi connectivity index (χ4n) is 3.59. The molecule has 0 saturated heterocycles. The molecule has 3 amide bonds. The summed E-state index contributed by atoms with van der Waals surface area (Å²) in [5.74, 6) is -1.70. The highest BCUT2D eigenvalue weighted by Gasteiger charge is 2.35. The van der Waals surface area contributed by atoms with Crippen LogP contribution in [0.2, 0.25) is 0 Å². The zero-order chi connectivity index (χ0) is 24.5. The number of hydrogen-bond acceptors (Lipinski definition) is 3. The predicted octanol–water partition coefficient (Wildman–Crippen LogP) is 4.81. The minimum atomic E-state index is -4.90. The van der Waals surface area contributed by atoms with Gasteiger partial charge in [0, 0.05) is 18.2 Å². The zero-order valence-corrected chi connectivity index (χ0v) is 17.7. The topological polar surface area (TPSA) is 73.8 Å². The molecule has 3 aromatic rings. The first-order valence-electron chi connectivity index (χ1n) is 10.1. The number of aliphatic imine (C=N–C) groups is 1. The number of carbonyl (C=O) groups excluding carboxylic acids is 2. The van der Waals surface area contributed by atoms with Crippen molar-refractivity contribution in [3.05, 3.63) is 95.3 Å². The van der Waals surface area contributed by atoms with Crippen molar-refractivity contribution in [1.82, 2.24) is 5.32 Å². The number of amides is 3. The summed E-state index contributed by atoms with van der Waals surface area (Å²) in [5, 5.41) is 4.37. The molecule has 0 aliphatic carbocycles. The number of nitrogens with zero attached hydrogens (tertiary/aromatic N) is 2. The van der Waals surface area contributed by atoms with Crippen LogP contribution >= 0.6 is 0 Å². The third kappa shape index (κ3) is 4.61. The molecule has 0 bridgehead atoms. The standard InChI is InChI=1S/C24H18F4N4O2/c1-32-19-10-6-5-9-16(19)20(14-7-3-2-4-8-14)30-21(22(32)33)31-23(34)29-18-12-11-15(25)13-17(18)24(26,27)28/h2-13,21H,1H3,(H2,29,31,34). The van der Waals surface area contributed by atoms with Crippen molar-refractivity contribution in [2.75, 3.05) is 17.3 Å². The third-order valence-corrected chi connectivity index (χ3v) is 5.19. The second kappa shape index (κ2) is 8.97. The minimum absolute atomic E-state index is 0.280. The number of benzodiazepines with no additional fused rings is 1. The maximum absolute atomic E-state index is 13.4. The number of benzene rings is 3. The highest BCUT2D eigenvalue weighted by Crippen LogP contribution is 2.35. The highest BCUT2D eigenvalue weighted by molar-refractivity contribution is 6.20. The number of rotatable bonds is 3. The first-order valence-corrected chi connectivity index (χ1v) is 10.1. The molecule has 2 N–H and O–H groups in total. The van der Waals surface area contributed by atoms with Gasteiger partial charge in [0.2, 0.25) is 6.17 Å². The molecule has 174 valence electrons. The quantitative estimate of drug-likeness (QED) is 0.540. The number of likely N-dealkylation sites (N-methyl/N-ethyl adjacent to an activating group) is 1. The SMILES string of the molecule is CN1C(=O)C(NC(=O)Nc2ccc(F)cc2C(F)(F)F)N=C(c2ccccc2)c2ccccc21. The largest absolute Gasteiger partial charge is 0.418 e. The lowest BCUT2D eigenvalue weighted by Gasteiger charge is -2.21. The highest BCUT2D eigenvalue weighted by atomic mass is 19.4. The average Bonchev–Trinajstić information content (AvgIpc) is 2.91. The van der Waals surface area contributed by atoms with Crippen molar-refractivity contribution >= 4 is 29.0 Å². The molecule has 0 aromatic heterocycles. The van der Waals surface area contributed by atoms with Gasteiger partial charge in [-0.05, 0) is 24.3 Å². The molecule has 0 saturated carbocycles. The summed E-state index contributed by atoms with van der Waals surface area (Å²) in [6.45, 7) is 0. The van der Waals surface area contributed by atoms with Gasteiger partial charge in [0.25, 0.3) is 5.91 Å². The van der Waals surface area contributed by atoms with Gasteiger partial charge in [-0.3, -0.25) is 4.79 Å². The zero-order valence-electron chi connectivity index (χ0n) is 17.7. The van der Waals surface area contributed by atoms with E-state index in [9.17, 15) is 27.2 Å². The Hall–Kier alpha value is -4.21. The normalized spacial score (nSPS) is 15.8. The smallest absolute Gasteiger partial charge is 0.311 e. The van der Waals surface area contributed by atoms with Crippen LogP contribution in [-0.4, -0.2) is 30.9 Å². The van der Waals surface area contributed by atoms with Crippen LogP contribution in [0, 0.1) is 5.82 Å². The lowest BCUT2D eigenvalue weighted by atomic mass is 10.0. The second-order valence-corrected chi connectivity index (χ2v) is 7.45. The van der Waals surface area contributed by atoms with Gasteiger partial charge in [0.05, 0.1) is 22.6 Å². The Morgan fingerprint density at radius 2 is 1.68 bits per heavy atom. The molecule has 6 nitrogen and oxygen atoms in total. The maximum atomic E-state index is 13.4. The van der Waals surface area contributed by atoms with Crippen LogP contribution in [0.1, 0.15) is 16.7 Å². The summed E-state index contributed by atoms with van der Waals surface area (Å²) >= 11 is 0. The Kier molecular flexibility index (Phi) is 6.06. The average molecular weight is 470 g/mol. The molecule has 1 aliphatic rings. The van der Waals surface area contributed by atoms with Gasteiger partial charge >= 0.3 is 12.2 Å². The van der Waals surface area contributed by atoms with Gasteiger partial charge in [-0.25, -0.2) is 14.2 Å². The van der Waals surface area contributed by atoms with Crippen molar-refractivity contribution in [3.63, 3.8) is 0 Å². The van der Waals surface area contributed by atoms with E-state index in [4.69, 9.17) is 0 Å². The van der Waals surface area contributed by atoms with E-state index in [1.165, 1.54) is 11.9 Å². The number of nitrogens with one attached hydrogen (secondary N) is 2. The number of para-hydroxylation sites is 1. The van der Waals surface area contributed by atoms with E-state index in [0.29, 0.717) is 22.5 Å². The van der Waals surface area contributed by atoms with Crippen LogP contribution in [0.3, 0.4) is 0 Å². The summed E-state index contributed by atoms with van der Waals surface area (Å²) in [6, 6.07) is 16.8. The van der Waals surface area contributed by atoms with Gasteiger partial charge in [-0.2, -0.15) is 13.2 Å². The third-order valence-electron chi connectivity index (χ3n) is 5.19. The van der Waals surface area contributed by atoms with Gasteiger partial charge in [-0.15, -0.1) is 0 Å². The second-order valence-electron chi connectivity index (χ2n) is 7.45. The monoisotopic (exact) mass is 470 g/mol. The number of alkyl halides is 3. The van der Waals surface area contributed by atoms with E-state index in [1.807, 2.05) is 11.4 Å². The van der Waals surface area contributed by atoms with E-state index >= 15 is 0 Å². The van der Waals surface area contributed by atoms with Crippen molar-refractivity contribution in [2.24, 2.45) is 4.99 Å². The first kappa shape index (κ1) is 23.0. The van der Waals surface area contributed by atoms with E-state index in [1.54, 1.807) is 48.5 Å². The minimum Gasteiger partial charge on any atom is -0.311 e. The Labute approximate surface area is 191 Å². The van der Waals surface area contributed by atoms with Crippen molar-refractivity contribution in [2.45, 2.75) is 12.3 Å². The molecule has 0 fully saturated rings. The molecule has 10 heteroatoms. The number of urea groups is 1. The predicted molar refractivity (Wildman–Crippen MR) is 119 cm³/mol. The van der Waals surface area contributed by atoms with E-state index in [-0.39, 0.29) is 6.07 Å². The van der Waals surface area contributed by atoms with Crippen LogP contribution in [0.5, 0.6) is 0 Å². The first-order chi connectivity index (χ1) is 16.1. The van der Waals surface area contributed by atoms with E-state index < -0.39 is 41.3 Å². The molecule has 1 atom stereocenters. The van der Waals surface area contributed by atoms with E-state index in [2.05, 4.69) is 10.3 Å². The van der Waals surface area contributed by atoms with Crippen LogP contribution in [-0.2, 0) is 11.0 Å². The fourth-order valence-corrected chi connectivity index (χ4v) is 3.59. The molecule has 4 rings (SSSR count). The molecular weight excluding hydrogens is 452 g/mol. The van der Waals surface area contributed by atoms with Gasteiger partial charge < -0.3 is 15.5 Å². The lowest BCUT2D eigenvalue weighted by molar-refractivity contribution is -0.137. The lowest BCUT2D eigenvalue weighted by Crippen LogP contribution is -2.47. The number of carbonyl (C=O) groups is 2. The molecule has 1 heterocycles. The Balaban J connectivity index is 1.68. The van der Waals surface area contributed by atoms with Gasteiger partial charge in [0.1, 0.15) is 5.82 Å². The Bertz CT molecular complexity index is 1280. The van der Waals surface area contributed by atoms with Gasteiger partial charge in [0.15, 0.2) is 0 Å². The maximum Gasteiger partial charge on any atom is 0.418 e. The van der Waals surface area contributed by atoms with Crippen molar-refractivity contribution in [1.29, 1.82) is 0 Å². The van der Waals surface area contributed by atoms with Gasteiger partial charge in [-0.1, -0.05) is 48.5 Å². The summed E-state index contributed by atoms with van der Waals surface area (Å²) < 4.78 is 53.2. The number of anilines is 2. The summed E-state index contributed by atoms with van der Waals surface area (Å²) in [7, 11) is 1.51. The Morgan fingerprint density at radius 3 is 2.38 bits per heavy atom. The molecule has 1 aliphatic heterocycles. The van der Waals surface area contributed by atoms with Crippen LogP contribution in [0.15, 0.2) is 77.8 Å².